The highest BCUT2D eigenvalue weighted by molar-refractivity contribution is 6.34. The molecule has 1 aromatic rings. The highest BCUT2D eigenvalue weighted by Gasteiger charge is 2.67. The molecule has 0 aliphatic carbocycles. The lowest BCUT2D eigenvalue weighted by atomic mass is 9.77. The molecule has 2 amide bonds. The Bertz CT molecular complexity index is 852. The molecule has 136 valence electrons. The summed E-state index contributed by atoms with van der Waals surface area (Å²) in [7, 11) is 0. The van der Waals surface area contributed by atoms with E-state index in [2.05, 4.69) is 0 Å². The van der Waals surface area contributed by atoms with Gasteiger partial charge in [0.2, 0.25) is 11.8 Å². The van der Waals surface area contributed by atoms with Crippen LogP contribution in [0.4, 0.5) is 5.69 Å². The molecule has 0 unspecified atom stereocenters. The number of ether oxygens (including phenoxy) is 2. The number of carbonyl (C=O) groups is 3. The molecule has 1 N–H and O–H groups in total. The summed E-state index contributed by atoms with van der Waals surface area (Å²) in [4.78, 5) is 39.0. The van der Waals surface area contributed by atoms with Crippen molar-refractivity contribution < 1.29 is 29.0 Å². The molecule has 3 aliphatic rings. The van der Waals surface area contributed by atoms with Gasteiger partial charge in [0, 0.05) is 0 Å². The zero-order valence-electron chi connectivity index (χ0n) is 13.8. The number of nitrogens with zero attached hydrogens (tertiary/aromatic N) is 1. The second kappa shape index (κ2) is 5.90. The van der Waals surface area contributed by atoms with E-state index in [1.54, 1.807) is 19.1 Å². The van der Waals surface area contributed by atoms with Crippen LogP contribution >= 0.6 is 11.6 Å². The third kappa shape index (κ3) is 2.17. The minimum atomic E-state index is -1.16. The first-order valence-corrected chi connectivity index (χ1v) is 8.64. The van der Waals surface area contributed by atoms with Crippen molar-refractivity contribution in [2.75, 3.05) is 18.1 Å². The van der Waals surface area contributed by atoms with Crippen LogP contribution < -0.4 is 4.90 Å². The average Bonchev–Trinajstić information content (AvgIpc) is 3.27. The summed E-state index contributed by atoms with van der Waals surface area (Å²) in [5.41, 5.74) is -0.833. The normalized spacial score (nSPS) is 31.7. The molecule has 4 atom stereocenters. The maximum absolute atomic E-state index is 13.0. The molecule has 0 radical (unpaired) electrons. The van der Waals surface area contributed by atoms with E-state index < -0.39 is 41.3 Å². The van der Waals surface area contributed by atoms with Crippen LogP contribution in [0.15, 0.2) is 30.4 Å². The summed E-state index contributed by atoms with van der Waals surface area (Å²) in [6.07, 6.45) is 2.82. The molecule has 7 nitrogen and oxygen atoms in total. The predicted molar refractivity (Wildman–Crippen MR) is 90.7 cm³/mol. The summed E-state index contributed by atoms with van der Waals surface area (Å²) in [6, 6.07) is 4.33. The second-order valence-electron chi connectivity index (χ2n) is 6.45. The number of benzene rings is 1. The minimum absolute atomic E-state index is 0.0814. The monoisotopic (exact) mass is 377 g/mol. The Morgan fingerprint density at radius 3 is 2.85 bits per heavy atom. The number of aliphatic hydroxyl groups excluding tert-OH is 1. The fourth-order valence-corrected chi connectivity index (χ4v) is 4.15. The van der Waals surface area contributed by atoms with Crippen LogP contribution in [0.1, 0.15) is 17.3 Å². The molecule has 0 aromatic heterocycles. The Hall–Kier alpha value is -2.22. The Morgan fingerprint density at radius 2 is 2.15 bits per heavy atom. The van der Waals surface area contributed by atoms with Crippen LogP contribution in [0.25, 0.3) is 0 Å². The number of fused-ring (bicyclic) bond motifs is 5. The van der Waals surface area contributed by atoms with Gasteiger partial charge < -0.3 is 14.6 Å². The van der Waals surface area contributed by atoms with E-state index in [-0.39, 0.29) is 29.5 Å². The van der Waals surface area contributed by atoms with Crippen molar-refractivity contribution in [1.82, 2.24) is 0 Å². The highest BCUT2D eigenvalue weighted by atomic mass is 35.5. The third-order valence-electron chi connectivity index (χ3n) is 5.11. The average molecular weight is 378 g/mol. The number of imide groups is 1. The number of rotatable bonds is 4. The number of carbonyl (C=O) groups excluding carboxylic acids is 3. The third-order valence-corrected chi connectivity index (χ3v) is 5.44. The second-order valence-corrected chi connectivity index (χ2v) is 6.86. The number of aliphatic hydroxyl groups is 1. The maximum Gasteiger partial charge on any atom is 0.339 e. The van der Waals surface area contributed by atoms with Crippen LogP contribution in [-0.4, -0.2) is 47.8 Å². The maximum atomic E-state index is 13.0. The summed E-state index contributed by atoms with van der Waals surface area (Å²) >= 11 is 6.05. The van der Waals surface area contributed by atoms with Crippen LogP contribution in [0.3, 0.4) is 0 Å². The van der Waals surface area contributed by atoms with Gasteiger partial charge in [-0.25, -0.2) is 9.69 Å². The van der Waals surface area contributed by atoms with Crippen molar-refractivity contribution in [3.63, 3.8) is 0 Å². The number of esters is 1. The van der Waals surface area contributed by atoms with Crippen LogP contribution in [0.5, 0.6) is 0 Å². The van der Waals surface area contributed by atoms with Gasteiger partial charge in [-0.1, -0.05) is 23.8 Å². The van der Waals surface area contributed by atoms with Gasteiger partial charge in [-0.3, -0.25) is 9.59 Å². The smallest absolute Gasteiger partial charge is 0.339 e. The zero-order chi connectivity index (χ0) is 18.6. The lowest BCUT2D eigenvalue weighted by Crippen LogP contribution is -2.43. The van der Waals surface area contributed by atoms with Gasteiger partial charge in [-0.05, 0) is 25.1 Å². The lowest BCUT2D eigenvalue weighted by Gasteiger charge is -2.26. The first kappa shape index (κ1) is 17.2. The first-order valence-electron chi connectivity index (χ1n) is 8.26. The molecule has 0 saturated carbocycles. The topological polar surface area (TPSA) is 93.1 Å². The molecule has 1 aromatic carbocycles. The van der Waals surface area contributed by atoms with Gasteiger partial charge in [0.25, 0.3) is 0 Å². The molecule has 2 fully saturated rings. The molecule has 26 heavy (non-hydrogen) atoms. The van der Waals surface area contributed by atoms with Gasteiger partial charge in [0.05, 0.1) is 47.4 Å². The Morgan fingerprint density at radius 1 is 1.38 bits per heavy atom. The van der Waals surface area contributed by atoms with E-state index in [4.69, 9.17) is 21.1 Å². The van der Waals surface area contributed by atoms with Gasteiger partial charge in [0.15, 0.2) is 0 Å². The number of hydrogen-bond acceptors (Lipinski definition) is 6. The molecule has 2 saturated heterocycles. The van der Waals surface area contributed by atoms with Crippen molar-refractivity contribution in [3.05, 3.63) is 40.9 Å². The van der Waals surface area contributed by atoms with Gasteiger partial charge in [-0.15, -0.1) is 0 Å². The SMILES string of the molecule is CCOC(=O)c1cc(N2C(=O)[C@H]3[C@H]4C=C[C@@](CO)(O4)[C@H]3C2=O)ccc1Cl. The molecule has 0 spiro atoms. The lowest BCUT2D eigenvalue weighted by molar-refractivity contribution is -0.128. The fourth-order valence-electron chi connectivity index (χ4n) is 3.96. The van der Waals surface area contributed by atoms with Crippen molar-refractivity contribution in [1.29, 1.82) is 0 Å². The van der Waals surface area contributed by atoms with Crippen molar-refractivity contribution in [2.45, 2.75) is 18.6 Å². The van der Waals surface area contributed by atoms with Gasteiger partial charge in [0.1, 0.15) is 5.60 Å². The molecular formula is C18H16ClNO6. The molecule has 4 rings (SSSR count). The van der Waals surface area contributed by atoms with E-state index in [1.165, 1.54) is 18.2 Å². The predicted octanol–water partition coefficient (Wildman–Crippen LogP) is 1.32. The Balaban J connectivity index is 1.72. The number of anilines is 1. The van der Waals surface area contributed by atoms with Crippen LogP contribution in [0.2, 0.25) is 5.02 Å². The van der Waals surface area contributed by atoms with Crippen molar-refractivity contribution >= 4 is 35.1 Å². The summed E-state index contributed by atoms with van der Waals surface area (Å²) in [5.74, 6) is -2.96. The molecule has 2 bridgehead atoms. The number of hydrogen-bond donors (Lipinski definition) is 1. The van der Waals surface area contributed by atoms with E-state index >= 15 is 0 Å². The summed E-state index contributed by atoms with van der Waals surface area (Å²) in [6.45, 7) is 1.46. The number of amides is 2. The summed E-state index contributed by atoms with van der Waals surface area (Å²) in [5, 5.41) is 9.90. The first-order chi connectivity index (χ1) is 12.4. The van der Waals surface area contributed by atoms with Gasteiger partial charge in [-0.2, -0.15) is 0 Å². The molecule has 3 heterocycles. The van der Waals surface area contributed by atoms with Gasteiger partial charge >= 0.3 is 5.97 Å². The quantitative estimate of drug-likeness (QED) is 0.483. The molecule has 8 heteroatoms. The Labute approximate surface area is 154 Å². The fraction of sp³-hybridized carbons (Fsp3) is 0.389. The van der Waals surface area contributed by atoms with Crippen molar-refractivity contribution in [2.24, 2.45) is 11.8 Å². The van der Waals surface area contributed by atoms with E-state index in [9.17, 15) is 19.5 Å². The van der Waals surface area contributed by atoms with E-state index in [0.29, 0.717) is 0 Å². The van der Waals surface area contributed by atoms with E-state index in [0.717, 1.165) is 4.90 Å². The molecule has 3 aliphatic heterocycles. The largest absolute Gasteiger partial charge is 0.462 e. The minimum Gasteiger partial charge on any atom is -0.462 e. The summed E-state index contributed by atoms with van der Waals surface area (Å²) < 4.78 is 10.6. The standard InChI is InChI=1S/C18H16ClNO6/c1-2-25-17(24)10-7-9(3-4-11(10)19)20-15(22)13-12-5-6-18(8-21,26-12)14(13)16(20)23/h3-7,12-14,21H,2,8H2,1H3/t12-,13+,14-,18+/m1/s1. The Kier molecular flexibility index (Phi) is 3.91. The van der Waals surface area contributed by atoms with Crippen molar-refractivity contribution in [3.8, 4) is 0 Å². The van der Waals surface area contributed by atoms with Crippen LogP contribution in [0, 0.1) is 11.8 Å². The highest BCUT2D eigenvalue weighted by Crippen LogP contribution is 2.52. The molecular weight excluding hydrogens is 362 g/mol. The zero-order valence-corrected chi connectivity index (χ0v) is 14.6. The van der Waals surface area contributed by atoms with Crippen LogP contribution in [-0.2, 0) is 19.1 Å². The number of halogens is 1. The van der Waals surface area contributed by atoms with E-state index in [1.807, 2.05) is 0 Å².